The van der Waals surface area contributed by atoms with Crippen molar-refractivity contribution in [3.63, 3.8) is 0 Å². The number of nitro groups is 6. The van der Waals surface area contributed by atoms with Gasteiger partial charge in [-0.1, -0.05) is 0 Å². The molecule has 5 N–H and O–H groups in total. The van der Waals surface area contributed by atoms with Crippen LogP contribution in [0, 0.1) is 60.7 Å². The Bertz CT molecular complexity index is 1190. The SMILES string of the molecule is Nc1c([N+](=O)[O-])cc([N+](=O)[O-])c(Nc2c([N+](=O)[O-])cc([N+](=O)[O-])c(N)c2[N+](=O)[O-])c1[N+](=O)[O-]. The molecule has 2 rings (SSSR count). The van der Waals surface area contributed by atoms with Gasteiger partial charge in [0.1, 0.15) is 0 Å². The first-order chi connectivity index (χ1) is 15.2. The van der Waals surface area contributed by atoms with Crippen molar-refractivity contribution in [3.05, 3.63) is 72.8 Å². The van der Waals surface area contributed by atoms with E-state index in [0.29, 0.717) is 0 Å². The van der Waals surface area contributed by atoms with E-state index in [4.69, 9.17) is 11.5 Å². The Morgan fingerprint density at radius 2 is 0.788 bits per heavy atom. The fourth-order valence-corrected chi connectivity index (χ4v) is 2.65. The van der Waals surface area contributed by atoms with Crippen LogP contribution in [0.4, 0.5) is 56.9 Å². The van der Waals surface area contributed by atoms with Gasteiger partial charge in [0.05, 0.1) is 41.7 Å². The highest BCUT2D eigenvalue weighted by Crippen LogP contribution is 2.50. The number of rotatable bonds is 8. The lowest BCUT2D eigenvalue weighted by atomic mass is 10.1. The van der Waals surface area contributed by atoms with Crippen LogP contribution in [0.25, 0.3) is 0 Å². The monoisotopic (exact) mass is 469 g/mol. The molecular formula is C12H7N9O12. The molecule has 33 heavy (non-hydrogen) atoms. The number of nitrogens with one attached hydrogen (secondary N) is 1. The van der Waals surface area contributed by atoms with E-state index in [2.05, 4.69) is 0 Å². The third kappa shape index (κ3) is 3.98. The molecule has 0 atom stereocenters. The van der Waals surface area contributed by atoms with E-state index in [9.17, 15) is 60.7 Å². The van der Waals surface area contributed by atoms with E-state index in [1.807, 2.05) is 0 Å². The quantitative estimate of drug-likeness (QED) is 0.283. The summed E-state index contributed by atoms with van der Waals surface area (Å²) in [5, 5.41) is 69.7. The molecular weight excluding hydrogens is 462 g/mol. The van der Waals surface area contributed by atoms with Crippen LogP contribution in [0.5, 0.6) is 0 Å². The van der Waals surface area contributed by atoms with Gasteiger partial charge >= 0.3 is 34.1 Å². The molecule has 0 unspecified atom stereocenters. The van der Waals surface area contributed by atoms with Gasteiger partial charge in [0, 0.05) is 0 Å². The average Bonchev–Trinajstić information content (AvgIpc) is 2.66. The van der Waals surface area contributed by atoms with Crippen molar-refractivity contribution >= 4 is 56.9 Å². The molecule has 0 aliphatic heterocycles. The van der Waals surface area contributed by atoms with E-state index in [-0.39, 0.29) is 12.1 Å². The molecule has 0 saturated heterocycles. The van der Waals surface area contributed by atoms with Crippen LogP contribution in [0.2, 0.25) is 0 Å². The second-order valence-corrected chi connectivity index (χ2v) is 5.77. The lowest BCUT2D eigenvalue weighted by Crippen LogP contribution is -2.11. The number of anilines is 4. The molecule has 0 aliphatic rings. The molecule has 2 aromatic carbocycles. The number of benzene rings is 2. The van der Waals surface area contributed by atoms with Crippen molar-refractivity contribution in [2.24, 2.45) is 0 Å². The van der Waals surface area contributed by atoms with E-state index >= 15 is 0 Å². The summed E-state index contributed by atoms with van der Waals surface area (Å²) in [6.45, 7) is 0. The summed E-state index contributed by atoms with van der Waals surface area (Å²) in [4.78, 5) is 59.8. The molecule has 0 radical (unpaired) electrons. The molecule has 0 fully saturated rings. The highest BCUT2D eigenvalue weighted by atomic mass is 16.6. The number of hydrogen-bond acceptors (Lipinski definition) is 15. The van der Waals surface area contributed by atoms with Crippen molar-refractivity contribution in [1.29, 1.82) is 0 Å². The van der Waals surface area contributed by atoms with E-state index in [0.717, 1.165) is 0 Å². The molecule has 0 bridgehead atoms. The van der Waals surface area contributed by atoms with Crippen molar-refractivity contribution in [2.45, 2.75) is 0 Å². The Labute approximate surface area is 177 Å². The predicted octanol–water partition coefficient (Wildman–Crippen LogP) is 2.04. The van der Waals surface area contributed by atoms with Crippen molar-refractivity contribution in [3.8, 4) is 0 Å². The van der Waals surface area contributed by atoms with E-state index in [1.165, 1.54) is 0 Å². The first kappa shape index (κ1) is 23.5. The average molecular weight is 469 g/mol. The topological polar surface area (TPSA) is 323 Å². The first-order valence-electron chi connectivity index (χ1n) is 7.76. The van der Waals surface area contributed by atoms with Crippen LogP contribution in [-0.4, -0.2) is 29.5 Å². The molecule has 21 nitrogen and oxygen atoms in total. The second-order valence-electron chi connectivity index (χ2n) is 5.77. The maximum Gasteiger partial charge on any atom is 0.329 e. The lowest BCUT2D eigenvalue weighted by molar-refractivity contribution is -0.401. The number of nitrogen functional groups attached to an aromatic ring is 2. The fraction of sp³-hybridized carbons (Fsp3) is 0. The molecule has 0 amide bonds. The molecule has 0 heterocycles. The zero-order valence-corrected chi connectivity index (χ0v) is 15.4. The Kier molecular flexibility index (Phi) is 5.82. The largest absolute Gasteiger partial charge is 0.387 e. The summed E-state index contributed by atoms with van der Waals surface area (Å²) in [6, 6.07) is 0.355. The van der Waals surface area contributed by atoms with Gasteiger partial charge in [-0.3, -0.25) is 60.7 Å². The van der Waals surface area contributed by atoms with Crippen molar-refractivity contribution < 1.29 is 29.5 Å². The van der Waals surface area contributed by atoms with Gasteiger partial charge in [-0.05, 0) is 0 Å². The molecule has 21 heteroatoms. The van der Waals surface area contributed by atoms with Crippen LogP contribution < -0.4 is 16.8 Å². The highest BCUT2D eigenvalue weighted by Gasteiger charge is 2.41. The van der Waals surface area contributed by atoms with Crippen LogP contribution in [0.1, 0.15) is 0 Å². The van der Waals surface area contributed by atoms with Gasteiger partial charge in [-0.15, -0.1) is 0 Å². The Hall–Kier alpha value is -5.76. The lowest BCUT2D eigenvalue weighted by Gasteiger charge is -2.11. The summed E-state index contributed by atoms with van der Waals surface area (Å²) in [6.07, 6.45) is 0. The maximum atomic E-state index is 11.5. The first-order valence-corrected chi connectivity index (χ1v) is 7.76. The van der Waals surface area contributed by atoms with Gasteiger partial charge in [-0.25, -0.2) is 0 Å². The zero-order chi connectivity index (χ0) is 25.4. The molecule has 172 valence electrons. The Balaban J connectivity index is 3.07. The van der Waals surface area contributed by atoms with Gasteiger partial charge in [0.2, 0.25) is 0 Å². The molecule has 0 saturated carbocycles. The predicted molar refractivity (Wildman–Crippen MR) is 105 cm³/mol. The third-order valence-electron chi connectivity index (χ3n) is 4.00. The summed E-state index contributed by atoms with van der Waals surface area (Å²) < 4.78 is 0. The molecule has 2 aromatic rings. The highest BCUT2D eigenvalue weighted by molar-refractivity contribution is 5.97. The van der Waals surface area contributed by atoms with Crippen molar-refractivity contribution in [2.75, 3.05) is 16.8 Å². The minimum absolute atomic E-state index is 0.178. The summed E-state index contributed by atoms with van der Waals surface area (Å²) in [5.41, 5.74) is -2.74. The summed E-state index contributed by atoms with van der Waals surface area (Å²) in [7, 11) is 0. The van der Waals surface area contributed by atoms with Gasteiger partial charge in [0.25, 0.3) is 0 Å². The van der Waals surface area contributed by atoms with Crippen LogP contribution >= 0.6 is 0 Å². The number of nitro benzene ring substituents is 6. The van der Waals surface area contributed by atoms with E-state index in [1.54, 1.807) is 5.32 Å². The van der Waals surface area contributed by atoms with E-state index < -0.39 is 86.4 Å². The molecule has 0 aromatic heterocycles. The van der Waals surface area contributed by atoms with Gasteiger partial charge in [-0.2, -0.15) is 0 Å². The van der Waals surface area contributed by atoms with Crippen LogP contribution in [0.3, 0.4) is 0 Å². The maximum absolute atomic E-state index is 11.5. The normalized spacial score (nSPS) is 10.3. The Morgan fingerprint density at radius 1 is 0.515 bits per heavy atom. The standard InChI is InChI=1S/C12H7N9O12/c13-7-3(16(22)23)1-5(18(26)27)9(11(7)20(30)31)15-10-6(19(28)29)2-4(17(24)25)8(14)12(10)21(32)33/h1-2,15H,13-14H2. The minimum atomic E-state index is -1.52. The van der Waals surface area contributed by atoms with Crippen LogP contribution in [0.15, 0.2) is 12.1 Å². The smallest absolute Gasteiger partial charge is 0.329 e. The summed E-state index contributed by atoms with van der Waals surface area (Å²) in [5.74, 6) is 0. The minimum Gasteiger partial charge on any atom is -0.387 e. The van der Waals surface area contributed by atoms with Gasteiger partial charge in [0.15, 0.2) is 22.7 Å². The Morgan fingerprint density at radius 3 is 1.00 bits per heavy atom. The third-order valence-corrected chi connectivity index (χ3v) is 4.00. The number of nitrogens with two attached hydrogens (primary N) is 2. The van der Waals surface area contributed by atoms with Crippen molar-refractivity contribution in [1.82, 2.24) is 0 Å². The van der Waals surface area contributed by atoms with Crippen LogP contribution in [-0.2, 0) is 0 Å². The summed E-state index contributed by atoms with van der Waals surface area (Å²) >= 11 is 0. The number of nitrogens with zero attached hydrogens (tertiary/aromatic N) is 6. The second kappa shape index (κ2) is 8.17. The van der Waals surface area contributed by atoms with Gasteiger partial charge < -0.3 is 16.8 Å². The molecule has 0 aliphatic carbocycles. The fourth-order valence-electron chi connectivity index (χ4n) is 2.65. The molecule has 0 spiro atoms. The zero-order valence-electron chi connectivity index (χ0n) is 15.4. The number of hydrogen-bond donors (Lipinski definition) is 3.